The third-order valence-corrected chi connectivity index (χ3v) is 3.40. The third-order valence-electron chi connectivity index (χ3n) is 3.40. The minimum absolute atomic E-state index is 0.0301. The van der Waals surface area contributed by atoms with E-state index in [1.165, 1.54) is 0 Å². The lowest BCUT2D eigenvalue weighted by Crippen LogP contribution is -2.45. The maximum Gasteiger partial charge on any atom is 0.315 e. The molecule has 0 saturated carbocycles. The van der Waals surface area contributed by atoms with Gasteiger partial charge >= 0.3 is 5.97 Å². The molecule has 0 fully saturated rings. The van der Waals surface area contributed by atoms with Gasteiger partial charge in [-0.1, -0.05) is 43.7 Å². The van der Waals surface area contributed by atoms with Crippen molar-refractivity contribution in [3.63, 3.8) is 0 Å². The first-order chi connectivity index (χ1) is 10.0. The number of carboxylic acid groups (broad SMARTS) is 1. The Bertz CT molecular complexity index is 461. The van der Waals surface area contributed by atoms with Gasteiger partial charge in [0.05, 0.1) is 0 Å². The first-order valence-corrected chi connectivity index (χ1v) is 7.14. The molecule has 1 rings (SSSR count). The number of ether oxygens (including phenoxy) is 1. The van der Waals surface area contributed by atoms with Gasteiger partial charge in [0.1, 0.15) is 12.0 Å². The van der Waals surface area contributed by atoms with Gasteiger partial charge in [0, 0.05) is 13.2 Å². The van der Waals surface area contributed by atoms with Crippen molar-refractivity contribution in [3.8, 4) is 0 Å². The van der Waals surface area contributed by atoms with Crippen LogP contribution in [0, 0.1) is 0 Å². The fraction of sp³-hybridized carbons (Fsp3) is 0.500. The Kier molecular flexibility index (Phi) is 6.88. The highest BCUT2D eigenvalue weighted by Crippen LogP contribution is 2.23. The Balaban J connectivity index is 2.56. The van der Waals surface area contributed by atoms with Crippen molar-refractivity contribution in [2.75, 3.05) is 19.8 Å². The van der Waals surface area contributed by atoms with Crippen LogP contribution in [0.3, 0.4) is 0 Å². The summed E-state index contributed by atoms with van der Waals surface area (Å²) in [5.41, 5.74) is -0.495. The average molecular weight is 293 g/mol. The van der Waals surface area contributed by atoms with Crippen molar-refractivity contribution >= 4 is 11.9 Å². The quantitative estimate of drug-likeness (QED) is 0.682. The lowest BCUT2D eigenvalue weighted by atomic mass is 9.82. The average Bonchev–Trinajstić information content (AvgIpc) is 2.50. The Morgan fingerprint density at radius 1 is 1.29 bits per heavy atom. The van der Waals surface area contributed by atoms with Gasteiger partial charge in [-0.3, -0.25) is 9.59 Å². The smallest absolute Gasteiger partial charge is 0.315 e. The number of unbranched alkanes of at least 4 members (excludes halogenated alkanes) is 1. The number of benzene rings is 1. The van der Waals surface area contributed by atoms with Crippen molar-refractivity contribution in [1.29, 1.82) is 0 Å². The van der Waals surface area contributed by atoms with Crippen LogP contribution < -0.4 is 5.32 Å². The molecule has 2 N–H and O–H groups in total. The van der Waals surface area contributed by atoms with Gasteiger partial charge in [0.15, 0.2) is 0 Å². The monoisotopic (exact) mass is 293 g/mol. The van der Waals surface area contributed by atoms with Gasteiger partial charge in [-0.15, -0.1) is 0 Å². The molecule has 21 heavy (non-hydrogen) atoms. The molecular formula is C16H23NO4. The van der Waals surface area contributed by atoms with E-state index in [0.717, 1.165) is 12.8 Å². The van der Waals surface area contributed by atoms with Gasteiger partial charge in [-0.2, -0.15) is 0 Å². The predicted octanol–water partition coefficient (Wildman–Crippen LogP) is 1.96. The van der Waals surface area contributed by atoms with Crippen LogP contribution >= 0.6 is 0 Å². The molecule has 0 aliphatic rings. The molecule has 1 atom stereocenters. The van der Waals surface area contributed by atoms with Crippen LogP contribution in [0.4, 0.5) is 0 Å². The molecule has 0 heterocycles. The van der Waals surface area contributed by atoms with Gasteiger partial charge < -0.3 is 15.2 Å². The van der Waals surface area contributed by atoms with E-state index >= 15 is 0 Å². The summed E-state index contributed by atoms with van der Waals surface area (Å²) in [6.07, 6.45) is 1.91. The number of carbonyl (C=O) groups is 2. The molecule has 0 aliphatic heterocycles. The molecule has 1 amide bonds. The minimum Gasteiger partial charge on any atom is -0.481 e. The number of amides is 1. The fourth-order valence-electron chi connectivity index (χ4n) is 1.84. The molecule has 5 heteroatoms. The highest BCUT2D eigenvalue weighted by Gasteiger charge is 2.35. The summed E-state index contributed by atoms with van der Waals surface area (Å²) in [6, 6.07) is 8.89. The molecule has 1 aromatic rings. The molecular weight excluding hydrogens is 270 g/mol. The molecule has 1 unspecified atom stereocenters. The maximum atomic E-state index is 11.7. The normalized spacial score (nSPS) is 13.4. The minimum atomic E-state index is -1.15. The summed E-state index contributed by atoms with van der Waals surface area (Å²) >= 11 is 0. The van der Waals surface area contributed by atoms with Gasteiger partial charge in [-0.25, -0.2) is 0 Å². The number of carboxylic acids is 1. The van der Waals surface area contributed by atoms with E-state index in [9.17, 15) is 14.7 Å². The molecule has 0 aliphatic carbocycles. The van der Waals surface area contributed by atoms with Crippen LogP contribution in [-0.4, -0.2) is 36.7 Å². The second kappa shape index (κ2) is 8.42. The Morgan fingerprint density at radius 2 is 1.95 bits per heavy atom. The summed E-state index contributed by atoms with van der Waals surface area (Å²) in [4.78, 5) is 23.2. The van der Waals surface area contributed by atoms with Gasteiger partial charge in [0.25, 0.3) is 0 Å². The van der Waals surface area contributed by atoms with Crippen LogP contribution in [0.25, 0.3) is 0 Å². The van der Waals surface area contributed by atoms with E-state index in [1.54, 1.807) is 31.2 Å². The summed E-state index contributed by atoms with van der Waals surface area (Å²) in [7, 11) is 0. The van der Waals surface area contributed by atoms with Crippen molar-refractivity contribution in [2.45, 2.75) is 32.1 Å². The van der Waals surface area contributed by atoms with E-state index < -0.39 is 11.4 Å². The molecule has 0 aromatic heterocycles. The molecule has 5 nitrogen and oxygen atoms in total. The van der Waals surface area contributed by atoms with E-state index in [2.05, 4.69) is 5.32 Å². The Labute approximate surface area is 125 Å². The second-order valence-corrected chi connectivity index (χ2v) is 5.19. The first-order valence-electron chi connectivity index (χ1n) is 7.14. The van der Waals surface area contributed by atoms with Crippen molar-refractivity contribution in [2.24, 2.45) is 0 Å². The van der Waals surface area contributed by atoms with Crippen LogP contribution in [0.2, 0.25) is 0 Å². The number of nitrogens with one attached hydrogen (secondary N) is 1. The SMILES string of the molecule is CCCCOCC(=O)NCC(C)(C(=O)O)c1ccccc1. The van der Waals surface area contributed by atoms with Crippen molar-refractivity contribution in [3.05, 3.63) is 35.9 Å². The Hall–Kier alpha value is -1.88. The zero-order valence-electron chi connectivity index (χ0n) is 12.6. The van der Waals surface area contributed by atoms with Crippen LogP contribution in [0.1, 0.15) is 32.3 Å². The standard InChI is InChI=1S/C16H23NO4/c1-3-4-10-21-11-14(18)17-12-16(2,15(19)20)13-8-6-5-7-9-13/h5-9H,3-4,10-12H2,1-2H3,(H,17,18)(H,19,20). The van der Waals surface area contributed by atoms with Gasteiger partial charge in [-0.05, 0) is 18.9 Å². The summed E-state index contributed by atoms with van der Waals surface area (Å²) in [5.74, 6) is -1.27. The number of carbonyl (C=O) groups excluding carboxylic acids is 1. The van der Waals surface area contributed by atoms with E-state index in [0.29, 0.717) is 12.2 Å². The van der Waals surface area contributed by atoms with Gasteiger partial charge in [0.2, 0.25) is 5.91 Å². The number of aliphatic carboxylic acids is 1. The van der Waals surface area contributed by atoms with E-state index in [1.807, 2.05) is 13.0 Å². The fourth-order valence-corrected chi connectivity index (χ4v) is 1.84. The van der Waals surface area contributed by atoms with Crippen molar-refractivity contribution in [1.82, 2.24) is 5.32 Å². The molecule has 0 radical (unpaired) electrons. The highest BCUT2D eigenvalue weighted by molar-refractivity contribution is 5.83. The summed E-state index contributed by atoms with van der Waals surface area (Å²) < 4.78 is 5.21. The maximum absolute atomic E-state index is 11.7. The zero-order chi connectivity index (χ0) is 15.7. The summed E-state index contributed by atoms with van der Waals surface area (Å²) in [5, 5.41) is 12.1. The number of hydrogen-bond acceptors (Lipinski definition) is 3. The summed E-state index contributed by atoms with van der Waals surface area (Å²) in [6.45, 7) is 4.18. The second-order valence-electron chi connectivity index (χ2n) is 5.19. The largest absolute Gasteiger partial charge is 0.481 e. The van der Waals surface area contributed by atoms with Crippen LogP contribution in [0.15, 0.2) is 30.3 Å². The molecule has 116 valence electrons. The number of hydrogen-bond donors (Lipinski definition) is 2. The first kappa shape index (κ1) is 17.2. The van der Waals surface area contributed by atoms with Crippen LogP contribution in [-0.2, 0) is 19.7 Å². The topological polar surface area (TPSA) is 75.6 Å². The lowest BCUT2D eigenvalue weighted by Gasteiger charge is -2.25. The van der Waals surface area contributed by atoms with Crippen molar-refractivity contribution < 1.29 is 19.4 Å². The molecule has 0 spiro atoms. The molecule has 1 aromatic carbocycles. The molecule has 0 saturated heterocycles. The zero-order valence-corrected chi connectivity index (χ0v) is 12.6. The lowest BCUT2D eigenvalue weighted by molar-refractivity contribution is -0.143. The molecule has 0 bridgehead atoms. The number of rotatable bonds is 9. The Morgan fingerprint density at radius 3 is 2.52 bits per heavy atom. The van der Waals surface area contributed by atoms with E-state index in [4.69, 9.17) is 4.74 Å². The highest BCUT2D eigenvalue weighted by atomic mass is 16.5. The van der Waals surface area contributed by atoms with Crippen LogP contribution in [0.5, 0.6) is 0 Å². The van der Waals surface area contributed by atoms with E-state index in [-0.39, 0.29) is 19.1 Å². The predicted molar refractivity (Wildman–Crippen MR) is 80.2 cm³/mol. The third kappa shape index (κ3) is 5.19.